The molecular weight excluding hydrogens is 645 g/mol. The largest absolute Gasteiger partial charge is 0.480 e. The summed E-state index contributed by atoms with van der Waals surface area (Å²) in [7, 11) is -4.60. The van der Waals surface area contributed by atoms with Crippen LogP contribution in [-0.4, -0.2) is 60.5 Å². The van der Waals surface area contributed by atoms with Gasteiger partial charge in [-0.05, 0) is 38.5 Å². The van der Waals surface area contributed by atoms with E-state index in [1.165, 1.54) is 116 Å². The van der Waals surface area contributed by atoms with Crippen LogP contribution in [0.2, 0.25) is 0 Å². The van der Waals surface area contributed by atoms with Crippen LogP contribution in [0.15, 0.2) is 12.2 Å². The van der Waals surface area contributed by atoms with Crippen molar-refractivity contribution in [1.29, 1.82) is 0 Å². The van der Waals surface area contributed by atoms with Crippen molar-refractivity contribution in [1.82, 2.24) is 0 Å². The molecule has 11 heteroatoms. The third kappa shape index (κ3) is 34.9. The van der Waals surface area contributed by atoms with Gasteiger partial charge in [-0.25, -0.2) is 4.57 Å². The van der Waals surface area contributed by atoms with Gasteiger partial charge in [0, 0.05) is 13.0 Å². The van der Waals surface area contributed by atoms with Crippen LogP contribution in [0.5, 0.6) is 0 Å². The molecule has 0 aromatic rings. The highest BCUT2D eigenvalue weighted by Gasteiger charge is 2.27. The number of unbranched alkanes of at least 4 members (excludes halogenated alkanes) is 22. The van der Waals surface area contributed by atoms with Gasteiger partial charge in [-0.15, -0.1) is 0 Å². The van der Waals surface area contributed by atoms with E-state index in [1.54, 1.807) is 0 Å². The van der Waals surface area contributed by atoms with Crippen LogP contribution in [0.25, 0.3) is 0 Å². The van der Waals surface area contributed by atoms with E-state index in [-0.39, 0.29) is 13.0 Å². The quantitative estimate of drug-likeness (QED) is 0.0243. The number of hydrogen-bond acceptors (Lipinski definition) is 8. The molecule has 10 nitrogen and oxygen atoms in total. The molecule has 4 N–H and O–H groups in total. The number of nitrogens with two attached hydrogens (primary N) is 1. The summed E-state index contributed by atoms with van der Waals surface area (Å²) in [6.45, 7) is 3.85. The fourth-order valence-corrected chi connectivity index (χ4v) is 6.20. The molecule has 0 aliphatic rings. The first-order valence-electron chi connectivity index (χ1n) is 19.7. The van der Waals surface area contributed by atoms with Crippen LogP contribution in [0.1, 0.15) is 181 Å². The lowest BCUT2D eigenvalue weighted by atomic mass is 10.1. The van der Waals surface area contributed by atoms with Gasteiger partial charge in [0.2, 0.25) is 0 Å². The average Bonchev–Trinajstić information content (AvgIpc) is 3.07. The maximum atomic E-state index is 12.5. The minimum atomic E-state index is -4.60. The summed E-state index contributed by atoms with van der Waals surface area (Å²) in [6, 6.07) is -1.47. The SMILES string of the molecule is CCCCCCCCC/C=C\CCCCCCCCOCC(COP(=O)(O)OCC(N)C(=O)O)OC(=O)CCCCCCCCCCCC. The third-order valence-electron chi connectivity index (χ3n) is 8.54. The van der Waals surface area contributed by atoms with Gasteiger partial charge in [0.1, 0.15) is 12.1 Å². The van der Waals surface area contributed by atoms with Crippen LogP contribution >= 0.6 is 7.82 Å². The number of aliphatic carboxylic acids is 1. The number of carboxylic acids is 1. The Kier molecular flexibility index (Phi) is 34.2. The summed E-state index contributed by atoms with van der Waals surface area (Å²) in [4.78, 5) is 33.3. The number of carbonyl (C=O) groups is 2. The smallest absolute Gasteiger partial charge is 0.472 e. The summed E-state index contributed by atoms with van der Waals surface area (Å²) >= 11 is 0. The Morgan fingerprint density at radius 2 is 1.06 bits per heavy atom. The number of rotatable bonds is 38. The number of ether oxygens (including phenoxy) is 2. The number of phosphoric acid groups is 1. The van der Waals surface area contributed by atoms with E-state index in [4.69, 9.17) is 24.8 Å². The summed E-state index contributed by atoms with van der Waals surface area (Å²) in [5, 5.41) is 8.86. The zero-order chi connectivity index (χ0) is 36.3. The Bertz CT molecular complexity index is 842. The van der Waals surface area contributed by atoms with Crippen molar-refractivity contribution in [2.75, 3.05) is 26.4 Å². The van der Waals surface area contributed by atoms with Gasteiger partial charge in [0.15, 0.2) is 0 Å². The molecule has 3 atom stereocenters. The predicted molar refractivity (Wildman–Crippen MR) is 199 cm³/mol. The lowest BCUT2D eigenvalue weighted by Gasteiger charge is -2.20. The van der Waals surface area contributed by atoms with E-state index >= 15 is 0 Å². The molecule has 0 aliphatic carbocycles. The summed E-state index contributed by atoms with van der Waals surface area (Å²) in [5.74, 6) is -1.78. The fourth-order valence-electron chi connectivity index (χ4n) is 5.42. The number of esters is 1. The number of allylic oxidation sites excluding steroid dienone is 2. The van der Waals surface area contributed by atoms with E-state index in [1.807, 2.05) is 0 Å². The molecule has 0 bridgehead atoms. The second kappa shape index (κ2) is 35.1. The average molecular weight is 720 g/mol. The van der Waals surface area contributed by atoms with Crippen LogP contribution < -0.4 is 5.73 Å². The summed E-state index contributed by atoms with van der Waals surface area (Å²) in [6.07, 6.45) is 34.1. The van der Waals surface area contributed by atoms with Crippen molar-refractivity contribution < 1.29 is 42.7 Å². The van der Waals surface area contributed by atoms with Crippen molar-refractivity contribution in [3.05, 3.63) is 12.2 Å². The van der Waals surface area contributed by atoms with Gasteiger partial charge in [-0.3, -0.25) is 18.6 Å². The maximum absolute atomic E-state index is 12.5. The number of phosphoric ester groups is 1. The van der Waals surface area contributed by atoms with E-state index in [0.717, 1.165) is 38.5 Å². The van der Waals surface area contributed by atoms with Crippen molar-refractivity contribution >= 4 is 19.8 Å². The lowest BCUT2D eigenvalue weighted by Crippen LogP contribution is -2.34. The number of hydrogen-bond donors (Lipinski definition) is 3. The first-order chi connectivity index (χ1) is 23.7. The van der Waals surface area contributed by atoms with Gasteiger partial charge >= 0.3 is 19.8 Å². The molecule has 0 heterocycles. The van der Waals surface area contributed by atoms with Gasteiger partial charge in [0.05, 0.1) is 19.8 Å². The maximum Gasteiger partial charge on any atom is 0.472 e. The molecule has 0 saturated heterocycles. The normalized spacial score (nSPS) is 14.2. The van der Waals surface area contributed by atoms with Crippen LogP contribution in [-0.2, 0) is 32.7 Å². The number of carbonyl (C=O) groups excluding carboxylic acids is 1. The van der Waals surface area contributed by atoms with E-state index < -0.39 is 45.1 Å². The first-order valence-corrected chi connectivity index (χ1v) is 21.2. The van der Waals surface area contributed by atoms with E-state index in [2.05, 4.69) is 30.5 Å². The molecule has 0 rings (SSSR count). The number of carboxylic acid groups (broad SMARTS) is 1. The summed E-state index contributed by atoms with van der Waals surface area (Å²) in [5.41, 5.74) is 5.33. The standard InChI is InChI=1S/C38H74NO9P/c1-3-5-7-9-11-13-15-16-17-18-19-20-21-23-25-27-29-31-45-32-35(33-46-49(43,44)47-34-36(39)38(41)42)48-37(40)30-28-26-24-22-14-12-10-8-6-4-2/h17-18,35-36H,3-16,19-34,39H2,1-2H3,(H,41,42)(H,43,44)/b18-17-. The Hall–Kier alpha value is -1.29. The molecule has 0 aromatic heterocycles. The Labute approximate surface area is 299 Å². The fraction of sp³-hybridized carbons (Fsp3) is 0.895. The minimum absolute atomic E-state index is 0.0175. The minimum Gasteiger partial charge on any atom is -0.480 e. The third-order valence-corrected chi connectivity index (χ3v) is 9.50. The highest BCUT2D eigenvalue weighted by atomic mass is 31.2. The molecule has 0 aliphatic heterocycles. The van der Waals surface area contributed by atoms with Gasteiger partial charge in [0.25, 0.3) is 0 Å². The van der Waals surface area contributed by atoms with Crippen LogP contribution in [0, 0.1) is 0 Å². The van der Waals surface area contributed by atoms with Gasteiger partial charge in [-0.2, -0.15) is 0 Å². The van der Waals surface area contributed by atoms with Crippen LogP contribution in [0.3, 0.4) is 0 Å². The molecule has 0 spiro atoms. The Morgan fingerprint density at radius 3 is 1.55 bits per heavy atom. The van der Waals surface area contributed by atoms with Gasteiger partial charge < -0.3 is 25.2 Å². The van der Waals surface area contributed by atoms with Crippen molar-refractivity contribution in [3.8, 4) is 0 Å². The second-order valence-corrected chi connectivity index (χ2v) is 14.9. The molecule has 0 amide bonds. The van der Waals surface area contributed by atoms with Crippen LogP contribution in [0.4, 0.5) is 0 Å². The molecule has 49 heavy (non-hydrogen) atoms. The molecule has 0 aromatic carbocycles. The first kappa shape index (κ1) is 47.7. The zero-order valence-corrected chi connectivity index (χ0v) is 32.2. The lowest BCUT2D eigenvalue weighted by molar-refractivity contribution is -0.154. The zero-order valence-electron chi connectivity index (χ0n) is 31.3. The van der Waals surface area contributed by atoms with Crippen molar-refractivity contribution in [2.45, 2.75) is 193 Å². The van der Waals surface area contributed by atoms with E-state index in [9.17, 15) is 19.0 Å². The topological polar surface area (TPSA) is 155 Å². The Morgan fingerprint density at radius 1 is 0.633 bits per heavy atom. The van der Waals surface area contributed by atoms with Crippen molar-refractivity contribution in [3.63, 3.8) is 0 Å². The molecule has 0 radical (unpaired) electrons. The summed E-state index contributed by atoms with van der Waals surface area (Å²) < 4.78 is 33.2. The Balaban J connectivity index is 4.23. The molecule has 290 valence electrons. The molecule has 0 fully saturated rings. The predicted octanol–water partition coefficient (Wildman–Crippen LogP) is 10.2. The molecule has 0 saturated carbocycles. The monoisotopic (exact) mass is 720 g/mol. The highest BCUT2D eigenvalue weighted by molar-refractivity contribution is 7.47. The molecule has 3 unspecified atom stereocenters. The van der Waals surface area contributed by atoms with E-state index in [0.29, 0.717) is 13.0 Å². The second-order valence-electron chi connectivity index (χ2n) is 13.4. The molecular formula is C38H74NO9P. The van der Waals surface area contributed by atoms with Gasteiger partial charge in [-0.1, -0.05) is 148 Å². The van der Waals surface area contributed by atoms with Crippen molar-refractivity contribution in [2.24, 2.45) is 5.73 Å². The highest BCUT2D eigenvalue weighted by Crippen LogP contribution is 2.43.